The number of halogens is 3. The minimum absolute atomic E-state index is 0.206. The number of H-pyrrole nitrogens is 1. The van der Waals surface area contributed by atoms with Gasteiger partial charge >= 0.3 is 6.18 Å². The monoisotopic (exact) mass is 385 g/mol. The summed E-state index contributed by atoms with van der Waals surface area (Å²) in [7, 11) is 0. The van der Waals surface area contributed by atoms with Gasteiger partial charge in [0.1, 0.15) is 0 Å². The van der Waals surface area contributed by atoms with Gasteiger partial charge in [-0.15, -0.1) is 0 Å². The lowest BCUT2D eigenvalue weighted by molar-refractivity contribution is -0.141. The smallest absolute Gasteiger partial charge is 0.381 e. The van der Waals surface area contributed by atoms with Crippen LogP contribution in [0, 0.1) is 12.8 Å². The van der Waals surface area contributed by atoms with Crippen LogP contribution in [0.2, 0.25) is 0 Å². The van der Waals surface area contributed by atoms with Crippen LogP contribution >= 0.6 is 0 Å². The van der Waals surface area contributed by atoms with Gasteiger partial charge in [0.2, 0.25) is 5.95 Å². The molecule has 0 saturated carbocycles. The molecule has 1 saturated heterocycles. The first-order valence-corrected chi connectivity index (χ1v) is 8.85. The molecular formula is C17H22F3N5O2. The van der Waals surface area contributed by atoms with Gasteiger partial charge in [-0.1, -0.05) is 0 Å². The molecule has 1 aliphatic rings. The molecule has 7 nitrogen and oxygen atoms in total. The Labute approximate surface area is 154 Å². The summed E-state index contributed by atoms with van der Waals surface area (Å²) in [5, 5.41) is 6.72. The Morgan fingerprint density at radius 3 is 2.74 bits per heavy atom. The van der Waals surface area contributed by atoms with Gasteiger partial charge in [0, 0.05) is 44.5 Å². The number of nitrogens with zero attached hydrogens (tertiary/aromatic N) is 3. The van der Waals surface area contributed by atoms with E-state index in [1.54, 1.807) is 6.92 Å². The summed E-state index contributed by atoms with van der Waals surface area (Å²) in [5.41, 5.74) is -0.318. The lowest BCUT2D eigenvalue weighted by atomic mass is 10.0. The molecule has 1 aliphatic heterocycles. The molecule has 0 atom stereocenters. The molecular weight excluding hydrogens is 363 g/mol. The maximum atomic E-state index is 12.7. The van der Waals surface area contributed by atoms with Gasteiger partial charge in [-0.25, -0.2) is 4.98 Å². The highest BCUT2D eigenvalue weighted by Crippen LogP contribution is 2.28. The molecule has 10 heteroatoms. The average molecular weight is 385 g/mol. The van der Waals surface area contributed by atoms with Crippen LogP contribution in [-0.4, -0.2) is 39.5 Å². The van der Waals surface area contributed by atoms with Crippen molar-refractivity contribution in [1.82, 2.24) is 19.7 Å². The van der Waals surface area contributed by atoms with Crippen LogP contribution in [0.25, 0.3) is 0 Å². The second-order valence-corrected chi connectivity index (χ2v) is 6.66. The molecule has 0 aliphatic carbocycles. The minimum Gasteiger partial charge on any atom is -0.381 e. The summed E-state index contributed by atoms with van der Waals surface area (Å²) in [6, 6.07) is 2.36. The average Bonchev–Trinajstić information content (AvgIpc) is 3.00. The Morgan fingerprint density at radius 1 is 1.33 bits per heavy atom. The van der Waals surface area contributed by atoms with Crippen molar-refractivity contribution in [3.8, 4) is 0 Å². The fourth-order valence-corrected chi connectivity index (χ4v) is 3.01. The quantitative estimate of drug-likeness (QED) is 0.798. The first-order chi connectivity index (χ1) is 12.8. The molecule has 3 rings (SSSR count). The lowest BCUT2D eigenvalue weighted by Crippen LogP contribution is -2.24. The standard InChI is InChI=1S/C17H22F3N5O2/c1-11-8-14(17(18,19)20)24-25(11)5-2-13-9-15(26)23-16(22-13)21-10-12-3-6-27-7-4-12/h8-9,12H,2-7,10H2,1H3,(H2,21,22,23,26). The second-order valence-electron chi connectivity index (χ2n) is 6.66. The number of aromatic amines is 1. The number of anilines is 1. The van der Waals surface area contributed by atoms with E-state index in [2.05, 4.69) is 20.4 Å². The molecule has 1 fully saturated rings. The number of alkyl halides is 3. The number of ether oxygens (including phenoxy) is 1. The third kappa shape index (κ3) is 5.31. The Bertz CT molecular complexity index is 825. The maximum absolute atomic E-state index is 12.7. The van der Waals surface area contributed by atoms with Crippen LogP contribution in [0.3, 0.4) is 0 Å². The summed E-state index contributed by atoms with van der Waals surface area (Å²) in [4.78, 5) is 18.8. The van der Waals surface area contributed by atoms with Gasteiger partial charge < -0.3 is 10.1 Å². The number of nitrogens with one attached hydrogen (secondary N) is 2. The molecule has 0 aromatic carbocycles. The molecule has 3 heterocycles. The zero-order valence-corrected chi connectivity index (χ0v) is 15.0. The Balaban J connectivity index is 1.62. The lowest BCUT2D eigenvalue weighted by Gasteiger charge is -2.22. The highest BCUT2D eigenvalue weighted by atomic mass is 19.4. The van der Waals surface area contributed by atoms with Crippen molar-refractivity contribution in [3.63, 3.8) is 0 Å². The van der Waals surface area contributed by atoms with E-state index in [-0.39, 0.29) is 12.1 Å². The van der Waals surface area contributed by atoms with Crippen LogP contribution in [-0.2, 0) is 23.9 Å². The first kappa shape index (κ1) is 19.4. The Hall–Kier alpha value is -2.36. The Morgan fingerprint density at radius 2 is 2.07 bits per heavy atom. The third-order valence-corrected chi connectivity index (χ3v) is 4.55. The van der Waals surface area contributed by atoms with Crippen LogP contribution in [0.15, 0.2) is 16.9 Å². The summed E-state index contributed by atoms with van der Waals surface area (Å²) in [5.74, 6) is 0.831. The molecule has 0 bridgehead atoms. The normalized spacial score (nSPS) is 15.9. The predicted octanol–water partition coefficient (Wildman–Crippen LogP) is 2.37. The van der Waals surface area contributed by atoms with Crippen LogP contribution in [0.1, 0.15) is 29.9 Å². The molecule has 0 spiro atoms. The van der Waals surface area contributed by atoms with Gasteiger partial charge in [0.05, 0.1) is 5.69 Å². The van der Waals surface area contributed by atoms with E-state index in [1.807, 2.05) is 0 Å². The number of hydrogen-bond acceptors (Lipinski definition) is 5. The molecule has 27 heavy (non-hydrogen) atoms. The predicted molar refractivity (Wildman–Crippen MR) is 92.6 cm³/mol. The van der Waals surface area contributed by atoms with Crippen molar-refractivity contribution in [2.75, 3.05) is 25.1 Å². The summed E-state index contributed by atoms with van der Waals surface area (Å²) >= 11 is 0. The second kappa shape index (κ2) is 8.12. The summed E-state index contributed by atoms with van der Waals surface area (Å²) in [6.45, 7) is 3.92. The van der Waals surface area contributed by atoms with Crippen molar-refractivity contribution < 1.29 is 17.9 Å². The van der Waals surface area contributed by atoms with Crippen molar-refractivity contribution in [1.29, 1.82) is 0 Å². The van der Waals surface area contributed by atoms with E-state index >= 15 is 0 Å². The molecule has 0 radical (unpaired) electrons. The van der Waals surface area contributed by atoms with Gasteiger partial charge in [0.25, 0.3) is 5.56 Å². The van der Waals surface area contributed by atoms with Crippen molar-refractivity contribution in [2.24, 2.45) is 5.92 Å². The molecule has 148 valence electrons. The highest BCUT2D eigenvalue weighted by molar-refractivity contribution is 5.25. The van der Waals surface area contributed by atoms with Crippen molar-refractivity contribution >= 4 is 5.95 Å². The van der Waals surface area contributed by atoms with Gasteiger partial charge in [-0.2, -0.15) is 18.3 Å². The molecule has 2 aromatic rings. The fraction of sp³-hybridized carbons (Fsp3) is 0.588. The molecule has 2 aromatic heterocycles. The first-order valence-electron chi connectivity index (χ1n) is 8.85. The summed E-state index contributed by atoms with van der Waals surface area (Å²) in [6.07, 6.45) is -2.26. The molecule has 0 unspecified atom stereocenters. The zero-order valence-electron chi connectivity index (χ0n) is 15.0. The van der Waals surface area contributed by atoms with Crippen LogP contribution in [0.4, 0.5) is 19.1 Å². The van der Waals surface area contributed by atoms with Crippen LogP contribution < -0.4 is 10.9 Å². The molecule has 2 N–H and O–H groups in total. The van der Waals surface area contributed by atoms with E-state index in [1.165, 1.54) is 10.7 Å². The van der Waals surface area contributed by atoms with E-state index in [0.717, 1.165) is 32.1 Å². The minimum atomic E-state index is -4.47. The van der Waals surface area contributed by atoms with Crippen molar-refractivity contribution in [2.45, 2.75) is 38.9 Å². The SMILES string of the molecule is Cc1cc(C(F)(F)F)nn1CCc1cc(=O)[nH]c(NCC2CCOCC2)n1. The van der Waals surface area contributed by atoms with Crippen molar-refractivity contribution in [3.05, 3.63) is 39.6 Å². The van der Waals surface area contributed by atoms with E-state index < -0.39 is 11.9 Å². The Kier molecular flexibility index (Phi) is 5.83. The van der Waals surface area contributed by atoms with Gasteiger partial charge in [-0.3, -0.25) is 14.5 Å². The maximum Gasteiger partial charge on any atom is 0.435 e. The fourth-order valence-electron chi connectivity index (χ4n) is 3.01. The number of rotatable bonds is 6. The topological polar surface area (TPSA) is 84.8 Å². The highest BCUT2D eigenvalue weighted by Gasteiger charge is 2.34. The van der Waals surface area contributed by atoms with E-state index in [0.29, 0.717) is 36.2 Å². The van der Waals surface area contributed by atoms with E-state index in [9.17, 15) is 18.0 Å². The van der Waals surface area contributed by atoms with Crippen LogP contribution in [0.5, 0.6) is 0 Å². The molecule has 0 amide bonds. The number of hydrogen-bond donors (Lipinski definition) is 2. The number of aryl methyl sites for hydroxylation is 3. The third-order valence-electron chi connectivity index (χ3n) is 4.55. The zero-order chi connectivity index (χ0) is 19.4. The van der Waals surface area contributed by atoms with Gasteiger partial charge in [0.15, 0.2) is 5.69 Å². The van der Waals surface area contributed by atoms with Gasteiger partial charge in [-0.05, 0) is 31.7 Å². The summed E-state index contributed by atoms with van der Waals surface area (Å²) < 4.78 is 44.8. The largest absolute Gasteiger partial charge is 0.435 e. The van der Waals surface area contributed by atoms with E-state index in [4.69, 9.17) is 4.74 Å². The number of aromatic nitrogens is 4.